The summed E-state index contributed by atoms with van der Waals surface area (Å²) in [6, 6.07) is 8.12. The zero-order chi connectivity index (χ0) is 34.4. The molecular formula is C32H39F6N7O2. The summed E-state index contributed by atoms with van der Waals surface area (Å²) >= 11 is 0. The molecule has 1 amide bonds. The van der Waals surface area contributed by atoms with Crippen LogP contribution in [0.3, 0.4) is 0 Å². The maximum Gasteiger partial charge on any atom is 0.416 e. The van der Waals surface area contributed by atoms with E-state index in [4.69, 9.17) is 4.74 Å². The van der Waals surface area contributed by atoms with Gasteiger partial charge in [-0.1, -0.05) is 12.1 Å². The molecule has 1 aromatic heterocycles. The second-order valence-corrected chi connectivity index (χ2v) is 11.6. The molecule has 2 aliphatic heterocycles. The van der Waals surface area contributed by atoms with Gasteiger partial charge in [0.25, 0.3) is 5.91 Å². The van der Waals surface area contributed by atoms with Crippen LogP contribution in [0.15, 0.2) is 48.7 Å². The third kappa shape index (κ3) is 9.55. The molecule has 2 aromatic carbocycles. The van der Waals surface area contributed by atoms with Gasteiger partial charge in [0, 0.05) is 77.7 Å². The van der Waals surface area contributed by atoms with Gasteiger partial charge in [-0.3, -0.25) is 4.79 Å². The van der Waals surface area contributed by atoms with E-state index in [0.29, 0.717) is 42.5 Å². The third-order valence-electron chi connectivity index (χ3n) is 7.91. The smallest absolute Gasteiger partial charge is 0.416 e. The van der Waals surface area contributed by atoms with Crippen molar-refractivity contribution in [2.24, 2.45) is 0 Å². The van der Waals surface area contributed by atoms with Crippen LogP contribution in [0.1, 0.15) is 27.0 Å². The molecule has 0 spiro atoms. The molecule has 2 saturated heterocycles. The van der Waals surface area contributed by atoms with E-state index < -0.39 is 35.9 Å². The van der Waals surface area contributed by atoms with Crippen LogP contribution in [0.4, 0.5) is 32.3 Å². The van der Waals surface area contributed by atoms with Crippen molar-refractivity contribution >= 4 is 11.9 Å². The minimum absolute atomic E-state index is 0.0212. The number of halogens is 6. The molecule has 9 nitrogen and oxygen atoms in total. The molecule has 256 valence electrons. The summed E-state index contributed by atoms with van der Waals surface area (Å²) in [4.78, 5) is 30.1. The van der Waals surface area contributed by atoms with Crippen LogP contribution in [0, 0.1) is 0 Å². The third-order valence-corrected chi connectivity index (χ3v) is 7.91. The van der Waals surface area contributed by atoms with Crippen LogP contribution in [-0.2, 0) is 18.9 Å². The number of hydrogen-bond acceptors (Lipinski definition) is 8. The Kier molecular flexibility index (Phi) is 11.7. The van der Waals surface area contributed by atoms with Crippen LogP contribution in [0.2, 0.25) is 0 Å². The SMILES string of the molecule is CN1CCNCC1.COc1ccccc1-c1nc(N2CCN(C)CC2)ncc1C(=O)N(C)Cc1cc(C(F)(F)F)cc(C(F)(F)F)c1. The number of alkyl halides is 6. The number of benzene rings is 2. The summed E-state index contributed by atoms with van der Waals surface area (Å²) in [5.41, 5.74) is -2.49. The van der Waals surface area contributed by atoms with Gasteiger partial charge in [-0.15, -0.1) is 0 Å². The number of likely N-dealkylation sites (N-methyl/N-ethyl adjacent to an activating group) is 2. The van der Waals surface area contributed by atoms with E-state index >= 15 is 0 Å². The molecule has 3 heterocycles. The summed E-state index contributed by atoms with van der Waals surface area (Å²) in [6.07, 6.45) is -8.67. The predicted molar refractivity (Wildman–Crippen MR) is 166 cm³/mol. The second-order valence-electron chi connectivity index (χ2n) is 11.6. The fraction of sp³-hybridized carbons (Fsp3) is 0.469. The first-order valence-electron chi connectivity index (χ1n) is 15.0. The molecule has 0 saturated carbocycles. The van der Waals surface area contributed by atoms with Crippen LogP contribution in [0.5, 0.6) is 5.75 Å². The van der Waals surface area contributed by atoms with Crippen molar-refractivity contribution in [3.8, 4) is 17.0 Å². The normalized spacial score (nSPS) is 16.3. The minimum atomic E-state index is -5.00. The van der Waals surface area contributed by atoms with Crippen LogP contribution in [0.25, 0.3) is 11.3 Å². The van der Waals surface area contributed by atoms with Crippen LogP contribution >= 0.6 is 0 Å². The molecule has 2 fully saturated rings. The number of para-hydroxylation sites is 1. The number of carbonyl (C=O) groups is 1. The Balaban J connectivity index is 0.000000632. The Bertz CT molecular complexity index is 1470. The Labute approximate surface area is 270 Å². The molecule has 47 heavy (non-hydrogen) atoms. The summed E-state index contributed by atoms with van der Waals surface area (Å²) in [6.45, 7) is 7.12. The van der Waals surface area contributed by atoms with Crippen molar-refractivity contribution in [2.45, 2.75) is 18.9 Å². The predicted octanol–water partition coefficient (Wildman–Crippen LogP) is 4.74. The number of hydrogen-bond donors (Lipinski definition) is 1. The molecule has 15 heteroatoms. The molecule has 0 unspecified atom stereocenters. The van der Waals surface area contributed by atoms with Gasteiger partial charge in [-0.25, -0.2) is 9.97 Å². The molecule has 0 bridgehead atoms. The number of anilines is 1. The second kappa shape index (κ2) is 15.3. The number of carbonyl (C=O) groups excluding carboxylic acids is 1. The lowest BCUT2D eigenvalue weighted by molar-refractivity contribution is -0.143. The Morgan fingerprint density at radius 2 is 1.47 bits per heavy atom. The number of ether oxygens (including phenoxy) is 1. The monoisotopic (exact) mass is 667 g/mol. The van der Waals surface area contributed by atoms with Crippen LogP contribution < -0.4 is 15.0 Å². The Morgan fingerprint density at radius 3 is 2.00 bits per heavy atom. The van der Waals surface area contributed by atoms with Crippen molar-refractivity contribution in [3.05, 3.63) is 70.9 Å². The molecule has 1 N–H and O–H groups in total. The van der Waals surface area contributed by atoms with E-state index in [9.17, 15) is 31.1 Å². The zero-order valence-electron chi connectivity index (χ0n) is 26.8. The highest BCUT2D eigenvalue weighted by molar-refractivity contribution is 6.00. The lowest BCUT2D eigenvalue weighted by Crippen LogP contribution is -2.45. The lowest BCUT2D eigenvalue weighted by atomic mass is 10.0. The fourth-order valence-electron chi connectivity index (χ4n) is 5.17. The van der Waals surface area contributed by atoms with Gasteiger partial charge in [-0.2, -0.15) is 26.3 Å². The number of aromatic nitrogens is 2. The molecular weight excluding hydrogens is 628 g/mol. The van der Waals surface area contributed by atoms with Gasteiger partial charge < -0.3 is 29.7 Å². The topological polar surface area (TPSA) is 77.1 Å². The first-order valence-corrected chi connectivity index (χ1v) is 15.0. The molecule has 0 radical (unpaired) electrons. The summed E-state index contributed by atoms with van der Waals surface area (Å²) in [5, 5.41) is 3.27. The fourth-order valence-corrected chi connectivity index (χ4v) is 5.17. The minimum Gasteiger partial charge on any atom is -0.496 e. The molecule has 3 aromatic rings. The standard InChI is InChI=1S/C27H27F6N5O2.C5H12N2/c1-36-8-10-38(11-9-36)25-34-15-21(23(35-25)20-6-4-5-7-22(20)40-3)24(39)37(2)16-17-12-18(26(28,29)30)14-19(13-17)27(31,32)33;1-7-4-2-6-3-5-7/h4-7,12-15H,8-11,16H2,1-3H3;6H,2-5H2,1H3. The van der Waals surface area contributed by atoms with E-state index in [1.165, 1.54) is 33.4 Å². The zero-order valence-corrected chi connectivity index (χ0v) is 26.8. The Hall–Kier alpha value is -3.95. The molecule has 5 rings (SSSR count). The number of rotatable bonds is 6. The number of nitrogens with one attached hydrogen (secondary N) is 1. The molecule has 0 atom stereocenters. The number of nitrogens with zero attached hydrogens (tertiary/aromatic N) is 6. The number of methoxy groups -OCH3 is 1. The quantitative estimate of drug-likeness (QED) is 0.379. The lowest BCUT2D eigenvalue weighted by Gasteiger charge is -2.32. The largest absolute Gasteiger partial charge is 0.496 e. The number of amides is 1. The average molecular weight is 668 g/mol. The van der Waals surface area contributed by atoms with E-state index in [1.54, 1.807) is 24.3 Å². The first kappa shape index (κ1) is 35.9. The summed E-state index contributed by atoms with van der Waals surface area (Å²) in [7, 11) is 6.90. The first-order chi connectivity index (χ1) is 22.2. The van der Waals surface area contributed by atoms with Crippen molar-refractivity contribution in [3.63, 3.8) is 0 Å². The highest BCUT2D eigenvalue weighted by atomic mass is 19.4. The maximum atomic E-state index is 13.6. The number of piperazine rings is 2. The van der Waals surface area contributed by atoms with Gasteiger partial charge in [-0.05, 0) is 50.0 Å². The van der Waals surface area contributed by atoms with Gasteiger partial charge >= 0.3 is 12.4 Å². The van der Waals surface area contributed by atoms with E-state index in [1.807, 2.05) is 11.9 Å². The van der Waals surface area contributed by atoms with Crippen LogP contribution in [-0.4, -0.2) is 111 Å². The maximum absolute atomic E-state index is 13.6. The van der Waals surface area contributed by atoms with Gasteiger partial charge in [0.05, 0.1) is 29.5 Å². The van der Waals surface area contributed by atoms with Crippen molar-refractivity contribution in [1.82, 2.24) is 30.0 Å². The summed E-state index contributed by atoms with van der Waals surface area (Å²) < 4.78 is 85.5. The summed E-state index contributed by atoms with van der Waals surface area (Å²) in [5.74, 6) is 0.132. The molecule has 0 aliphatic carbocycles. The highest BCUT2D eigenvalue weighted by Crippen LogP contribution is 2.37. The van der Waals surface area contributed by atoms with Gasteiger partial charge in [0.15, 0.2) is 0 Å². The van der Waals surface area contributed by atoms with E-state index in [2.05, 4.69) is 32.1 Å². The average Bonchev–Trinajstić information content (AvgIpc) is 3.04. The molecule has 2 aliphatic rings. The van der Waals surface area contributed by atoms with E-state index in [0.717, 1.165) is 31.1 Å². The van der Waals surface area contributed by atoms with Crippen molar-refractivity contribution in [2.75, 3.05) is 85.5 Å². The highest BCUT2D eigenvalue weighted by Gasteiger charge is 2.37. The van der Waals surface area contributed by atoms with Gasteiger partial charge in [0.2, 0.25) is 5.95 Å². The van der Waals surface area contributed by atoms with Crippen molar-refractivity contribution < 1.29 is 35.9 Å². The van der Waals surface area contributed by atoms with Crippen molar-refractivity contribution in [1.29, 1.82) is 0 Å². The Morgan fingerprint density at radius 1 is 0.894 bits per heavy atom. The van der Waals surface area contributed by atoms with Gasteiger partial charge in [0.1, 0.15) is 5.75 Å². The van der Waals surface area contributed by atoms with E-state index in [-0.39, 0.29) is 22.9 Å².